The maximum atomic E-state index is 14.1. The van der Waals surface area contributed by atoms with E-state index in [1.165, 1.54) is 17.0 Å². The summed E-state index contributed by atoms with van der Waals surface area (Å²) in [4.78, 5) is 29.1. The Hall–Kier alpha value is -2.49. The van der Waals surface area contributed by atoms with Crippen LogP contribution in [-0.4, -0.2) is 50.5 Å². The Morgan fingerprint density at radius 1 is 0.878 bits per heavy atom. The molecule has 3 aromatic carbocycles. The van der Waals surface area contributed by atoms with Gasteiger partial charge in [-0.2, -0.15) is 0 Å². The maximum absolute atomic E-state index is 14.1. The molecule has 220 valence electrons. The number of nitrogens with zero attached hydrogens (tertiary/aromatic N) is 2. The standard InChI is InChI=1S/C29H31Cl4N3O4S/c1-3-4-13-34-29(38)27(15-20-9-6-5-7-10-20)35(18-21-11-8-12-22(30)14-21)28(37)19-36(41(2,39)40)26-17-24(32)23(31)16-25(26)33/h5-12,14,16-17,27H,3-4,13,15,18-19H2,1-2H3,(H,34,38). The molecule has 0 spiro atoms. The molecule has 0 saturated heterocycles. The van der Waals surface area contributed by atoms with Crippen molar-refractivity contribution in [2.75, 3.05) is 23.7 Å². The smallest absolute Gasteiger partial charge is 0.244 e. The summed E-state index contributed by atoms with van der Waals surface area (Å²) < 4.78 is 26.7. The van der Waals surface area contributed by atoms with Gasteiger partial charge < -0.3 is 10.2 Å². The number of carbonyl (C=O) groups excluding carboxylic acids is 2. The lowest BCUT2D eigenvalue weighted by Crippen LogP contribution is -2.53. The van der Waals surface area contributed by atoms with Gasteiger partial charge in [0.15, 0.2) is 0 Å². The second-order valence-corrected chi connectivity index (χ2v) is 13.1. The molecule has 0 heterocycles. The molecule has 0 radical (unpaired) electrons. The molecule has 3 rings (SSSR count). The predicted octanol–water partition coefficient (Wildman–Crippen LogP) is 6.62. The number of nitrogens with one attached hydrogen (secondary N) is 1. The predicted molar refractivity (Wildman–Crippen MR) is 168 cm³/mol. The van der Waals surface area contributed by atoms with Gasteiger partial charge in [0.1, 0.15) is 12.6 Å². The van der Waals surface area contributed by atoms with Gasteiger partial charge in [-0.05, 0) is 41.8 Å². The molecule has 0 bridgehead atoms. The van der Waals surface area contributed by atoms with Gasteiger partial charge in [0, 0.05) is 24.5 Å². The van der Waals surface area contributed by atoms with Crippen molar-refractivity contribution in [2.45, 2.75) is 38.8 Å². The molecule has 1 unspecified atom stereocenters. The van der Waals surface area contributed by atoms with Crippen molar-refractivity contribution in [3.05, 3.63) is 97.9 Å². The molecular formula is C29H31Cl4N3O4S. The quantitative estimate of drug-likeness (QED) is 0.165. The Balaban J connectivity index is 2.07. The lowest BCUT2D eigenvalue weighted by Gasteiger charge is -2.33. The van der Waals surface area contributed by atoms with Crippen molar-refractivity contribution >= 4 is 73.9 Å². The monoisotopic (exact) mass is 657 g/mol. The lowest BCUT2D eigenvalue weighted by molar-refractivity contribution is -0.140. The average molecular weight is 659 g/mol. The van der Waals surface area contributed by atoms with Gasteiger partial charge in [-0.15, -0.1) is 0 Å². The topological polar surface area (TPSA) is 86.8 Å². The fraction of sp³-hybridized carbons (Fsp3) is 0.310. The van der Waals surface area contributed by atoms with Crippen LogP contribution in [0.3, 0.4) is 0 Å². The largest absolute Gasteiger partial charge is 0.354 e. The van der Waals surface area contributed by atoms with Crippen molar-refractivity contribution < 1.29 is 18.0 Å². The third-order valence-electron chi connectivity index (χ3n) is 6.28. The van der Waals surface area contributed by atoms with Crippen LogP contribution in [0.15, 0.2) is 66.7 Å². The van der Waals surface area contributed by atoms with Crippen LogP contribution in [0.2, 0.25) is 20.1 Å². The van der Waals surface area contributed by atoms with Gasteiger partial charge in [-0.25, -0.2) is 8.42 Å². The second kappa shape index (κ2) is 15.1. The average Bonchev–Trinajstić information content (AvgIpc) is 2.91. The summed E-state index contributed by atoms with van der Waals surface area (Å²) in [7, 11) is -4.02. The van der Waals surface area contributed by atoms with E-state index in [-0.39, 0.29) is 39.6 Å². The van der Waals surface area contributed by atoms with Crippen molar-refractivity contribution in [1.29, 1.82) is 0 Å². The molecule has 12 heteroatoms. The first-order chi connectivity index (χ1) is 19.4. The number of hydrogen-bond donors (Lipinski definition) is 1. The molecule has 41 heavy (non-hydrogen) atoms. The number of rotatable bonds is 13. The van der Waals surface area contributed by atoms with E-state index in [2.05, 4.69) is 5.32 Å². The Labute approximate surface area is 261 Å². The summed E-state index contributed by atoms with van der Waals surface area (Å²) in [6, 6.07) is 17.9. The van der Waals surface area contributed by atoms with Crippen molar-refractivity contribution in [3.8, 4) is 0 Å². The summed E-state index contributed by atoms with van der Waals surface area (Å²) in [6.45, 7) is 1.82. The maximum Gasteiger partial charge on any atom is 0.244 e. The van der Waals surface area contributed by atoms with Crippen LogP contribution >= 0.6 is 46.4 Å². The molecule has 3 aromatic rings. The van der Waals surface area contributed by atoms with Crippen LogP contribution in [0.25, 0.3) is 0 Å². The molecule has 2 amide bonds. The van der Waals surface area contributed by atoms with Gasteiger partial charge in [0.25, 0.3) is 0 Å². The zero-order chi connectivity index (χ0) is 30.2. The van der Waals surface area contributed by atoms with E-state index in [9.17, 15) is 18.0 Å². The van der Waals surface area contributed by atoms with Crippen molar-refractivity contribution in [3.63, 3.8) is 0 Å². The first-order valence-corrected chi connectivity index (χ1v) is 16.2. The minimum absolute atomic E-state index is 0.00263. The van der Waals surface area contributed by atoms with E-state index in [1.807, 2.05) is 37.3 Å². The molecular weight excluding hydrogens is 628 g/mol. The van der Waals surface area contributed by atoms with Crippen LogP contribution in [0.1, 0.15) is 30.9 Å². The fourth-order valence-corrected chi connectivity index (χ4v) is 5.95. The zero-order valence-corrected chi connectivity index (χ0v) is 26.5. The highest BCUT2D eigenvalue weighted by molar-refractivity contribution is 7.92. The highest BCUT2D eigenvalue weighted by Crippen LogP contribution is 2.35. The van der Waals surface area contributed by atoms with Gasteiger partial charge in [-0.3, -0.25) is 13.9 Å². The number of unbranched alkanes of at least 4 members (excludes halogenated alkanes) is 1. The summed E-state index contributed by atoms with van der Waals surface area (Å²) >= 11 is 24.8. The molecule has 0 aliphatic rings. The van der Waals surface area contributed by atoms with E-state index < -0.39 is 28.5 Å². The normalized spacial score (nSPS) is 12.0. The molecule has 1 atom stereocenters. The van der Waals surface area contributed by atoms with Gasteiger partial charge in [0.05, 0.1) is 27.0 Å². The Morgan fingerprint density at radius 2 is 1.54 bits per heavy atom. The van der Waals surface area contributed by atoms with Gasteiger partial charge in [0.2, 0.25) is 21.8 Å². The van der Waals surface area contributed by atoms with Gasteiger partial charge in [-0.1, -0.05) is 102 Å². The number of carbonyl (C=O) groups is 2. The minimum atomic E-state index is -4.02. The highest BCUT2D eigenvalue weighted by atomic mass is 35.5. The Bertz CT molecular complexity index is 1470. The first kappa shape index (κ1) is 33.0. The van der Waals surface area contributed by atoms with Gasteiger partial charge >= 0.3 is 0 Å². The molecule has 0 aromatic heterocycles. The van der Waals surface area contributed by atoms with E-state index in [1.54, 1.807) is 24.3 Å². The molecule has 0 aliphatic heterocycles. The number of halogens is 4. The first-order valence-electron chi connectivity index (χ1n) is 12.9. The third kappa shape index (κ3) is 9.51. The minimum Gasteiger partial charge on any atom is -0.354 e. The van der Waals surface area contributed by atoms with E-state index in [0.29, 0.717) is 17.1 Å². The Kier molecular flexibility index (Phi) is 12.2. The van der Waals surface area contributed by atoms with Crippen molar-refractivity contribution in [1.82, 2.24) is 10.2 Å². The number of anilines is 1. The van der Waals surface area contributed by atoms with E-state index in [0.717, 1.165) is 29.0 Å². The SMILES string of the molecule is CCCCNC(=O)C(Cc1ccccc1)N(Cc1cccc(Cl)c1)C(=O)CN(c1cc(Cl)c(Cl)cc1Cl)S(C)(=O)=O. The second-order valence-electron chi connectivity index (χ2n) is 9.49. The third-order valence-corrected chi connectivity index (χ3v) is 8.67. The molecule has 1 N–H and O–H groups in total. The summed E-state index contributed by atoms with van der Waals surface area (Å²) in [5.74, 6) is -0.972. The van der Waals surface area contributed by atoms with E-state index >= 15 is 0 Å². The summed E-state index contributed by atoms with van der Waals surface area (Å²) in [5, 5.41) is 3.59. The van der Waals surface area contributed by atoms with Crippen LogP contribution in [0, 0.1) is 0 Å². The van der Waals surface area contributed by atoms with Crippen LogP contribution in [0.5, 0.6) is 0 Å². The Morgan fingerprint density at radius 3 is 2.17 bits per heavy atom. The van der Waals surface area contributed by atoms with Crippen LogP contribution < -0.4 is 9.62 Å². The molecule has 0 aliphatic carbocycles. The van der Waals surface area contributed by atoms with Crippen LogP contribution in [-0.2, 0) is 32.6 Å². The van der Waals surface area contributed by atoms with E-state index in [4.69, 9.17) is 46.4 Å². The molecule has 7 nitrogen and oxygen atoms in total. The molecule has 0 fully saturated rings. The van der Waals surface area contributed by atoms with Crippen LogP contribution in [0.4, 0.5) is 5.69 Å². The van der Waals surface area contributed by atoms with Crippen molar-refractivity contribution in [2.24, 2.45) is 0 Å². The lowest BCUT2D eigenvalue weighted by atomic mass is 10.0. The number of sulfonamides is 1. The zero-order valence-electron chi connectivity index (χ0n) is 22.6. The highest BCUT2D eigenvalue weighted by Gasteiger charge is 2.33. The number of amides is 2. The summed E-state index contributed by atoms with van der Waals surface area (Å²) in [6.07, 6.45) is 2.81. The summed E-state index contributed by atoms with van der Waals surface area (Å²) in [5.41, 5.74) is 1.50. The fourth-order valence-electron chi connectivity index (χ4n) is 4.19. The number of hydrogen-bond acceptors (Lipinski definition) is 4. The number of benzene rings is 3. The molecule has 0 saturated carbocycles.